The summed E-state index contributed by atoms with van der Waals surface area (Å²) < 4.78 is 4.21. The number of carbonyl (C=O) groups excluding carboxylic acids is 1. The number of carbonyl (C=O) groups is 1. The molecule has 25 heavy (non-hydrogen) atoms. The second-order valence-corrected chi connectivity index (χ2v) is 13.3. The van der Waals surface area contributed by atoms with Gasteiger partial charge in [0.2, 0.25) is 5.91 Å². The first kappa shape index (κ1) is 22.2. The molecule has 1 aliphatic heterocycles. The summed E-state index contributed by atoms with van der Waals surface area (Å²) in [6.07, 6.45) is 0. The summed E-state index contributed by atoms with van der Waals surface area (Å²) in [4.78, 5) is 10.4. The van der Waals surface area contributed by atoms with Gasteiger partial charge in [0.05, 0.1) is 0 Å². The first-order valence-electron chi connectivity index (χ1n) is 8.05. The maximum Gasteiger partial charge on any atom is 0.248 e. The Morgan fingerprint density at radius 3 is 2.04 bits per heavy atom. The number of nitrogens with two attached hydrogens (primary N) is 1. The van der Waals surface area contributed by atoms with Crippen LogP contribution in [0.15, 0.2) is 60.2 Å². The van der Waals surface area contributed by atoms with Gasteiger partial charge in [-0.1, -0.05) is 18.2 Å². The first-order valence-corrected chi connectivity index (χ1v) is 12.9. The molecule has 2 nitrogen and oxygen atoms in total. The van der Waals surface area contributed by atoms with E-state index in [2.05, 4.69) is 38.1 Å². The van der Waals surface area contributed by atoms with Gasteiger partial charge in [-0.05, 0) is 12.1 Å². The van der Waals surface area contributed by atoms with Gasteiger partial charge in [0.15, 0.2) is 0 Å². The maximum atomic E-state index is 10.4. The van der Waals surface area contributed by atoms with Crippen molar-refractivity contribution in [1.82, 2.24) is 0 Å². The van der Waals surface area contributed by atoms with E-state index in [0.717, 1.165) is 3.63 Å². The molecule has 2 N–H and O–H groups in total. The SMILES string of the molecule is CC1=C(C)[CH]([Zr+2]2[CH2][CH2]2)c2ccccc21.NC(=O)c1ccccc1.[Cl-].[Cl-]. The van der Waals surface area contributed by atoms with E-state index in [1.807, 2.05) is 6.07 Å². The first-order chi connectivity index (χ1) is 11.1. The van der Waals surface area contributed by atoms with Crippen molar-refractivity contribution < 1.29 is 51.4 Å². The van der Waals surface area contributed by atoms with Gasteiger partial charge in [0, 0.05) is 5.56 Å². The zero-order chi connectivity index (χ0) is 16.4. The van der Waals surface area contributed by atoms with Crippen LogP contribution < -0.4 is 30.5 Å². The minimum atomic E-state index is -0.912. The summed E-state index contributed by atoms with van der Waals surface area (Å²) in [5.74, 6) is -0.379. The molecular weight excluding hydrogens is 432 g/mol. The molecule has 0 radical (unpaired) electrons. The summed E-state index contributed by atoms with van der Waals surface area (Å²) in [6, 6.07) is 17.8. The van der Waals surface area contributed by atoms with Crippen LogP contribution in [-0.4, -0.2) is 5.91 Å². The van der Waals surface area contributed by atoms with Crippen molar-refractivity contribution in [2.24, 2.45) is 5.73 Å². The van der Waals surface area contributed by atoms with Gasteiger partial charge in [-0.15, -0.1) is 0 Å². The Labute approximate surface area is 170 Å². The van der Waals surface area contributed by atoms with E-state index < -0.39 is 21.8 Å². The molecule has 1 fully saturated rings. The molecule has 1 heterocycles. The number of amides is 1. The molecule has 1 aliphatic carbocycles. The van der Waals surface area contributed by atoms with Gasteiger partial charge in [-0.3, -0.25) is 4.79 Å². The van der Waals surface area contributed by atoms with Crippen molar-refractivity contribution in [3.05, 3.63) is 76.9 Å². The van der Waals surface area contributed by atoms with Crippen LogP contribution in [0.1, 0.15) is 39.0 Å². The molecule has 2 aromatic carbocycles. The molecule has 0 spiro atoms. The molecule has 131 valence electrons. The number of hydrogen-bond acceptors (Lipinski definition) is 1. The van der Waals surface area contributed by atoms with Gasteiger partial charge in [0.1, 0.15) is 0 Å². The van der Waals surface area contributed by atoms with Crippen LogP contribution in [0.3, 0.4) is 0 Å². The Hall–Kier alpha value is -0.887. The summed E-state index contributed by atoms with van der Waals surface area (Å²) >= 11 is -0.912. The number of allylic oxidation sites excluding steroid dienone is 2. The van der Waals surface area contributed by atoms with E-state index in [4.69, 9.17) is 5.73 Å². The average molecular weight is 455 g/mol. The Balaban J connectivity index is 0.000000252. The minimum absolute atomic E-state index is 0. The minimum Gasteiger partial charge on any atom is -1.00 e. The standard InChI is InChI=1S/C11H11.C7H7NO.C2H4.2ClH.Zr/c1-8-7-10-5-3-4-6-11(10)9(8)2;8-7(9)6-4-2-1-3-5-6;1-2;;;/h3-7H,1-2H3;1-5H,(H2,8,9);1-2H2;2*1H;/q;;;;;+2/p-2. The monoisotopic (exact) mass is 452 g/mol. The quantitative estimate of drug-likeness (QED) is 0.609. The zero-order valence-corrected chi connectivity index (χ0v) is 18.4. The molecule has 1 saturated heterocycles. The maximum absolute atomic E-state index is 10.4. The predicted octanol–water partition coefficient (Wildman–Crippen LogP) is -1.20. The number of rotatable bonds is 2. The van der Waals surface area contributed by atoms with Crippen LogP contribution in [0.25, 0.3) is 5.57 Å². The van der Waals surface area contributed by atoms with Crippen molar-refractivity contribution in [3.63, 3.8) is 0 Å². The van der Waals surface area contributed by atoms with Gasteiger partial charge in [0.25, 0.3) is 0 Å². The predicted molar refractivity (Wildman–Crippen MR) is 92.0 cm³/mol. The third-order valence-corrected chi connectivity index (χ3v) is 11.2. The van der Waals surface area contributed by atoms with E-state index in [-0.39, 0.29) is 30.7 Å². The van der Waals surface area contributed by atoms with Crippen molar-refractivity contribution in [3.8, 4) is 0 Å². The zero-order valence-electron chi connectivity index (χ0n) is 14.4. The van der Waals surface area contributed by atoms with Crippen molar-refractivity contribution in [2.45, 2.75) is 25.7 Å². The fraction of sp³-hybridized carbons (Fsp3) is 0.250. The Morgan fingerprint density at radius 1 is 0.960 bits per heavy atom. The van der Waals surface area contributed by atoms with Gasteiger partial charge in [-0.25, -0.2) is 0 Å². The molecule has 0 saturated carbocycles. The number of primary amides is 1. The topological polar surface area (TPSA) is 43.1 Å². The van der Waals surface area contributed by atoms with Crippen LogP contribution in [0.4, 0.5) is 0 Å². The van der Waals surface area contributed by atoms with Crippen LogP contribution in [0, 0.1) is 0 Å². The van der Waals surface area contributed by atoms with Crippen LogP contribution in [-0.2, 0) is 21.8 Å². The Bertz CT molecular complexity index is 757. The van der Waals surface area contributed by atoms with Crippen LogP contribution in [0.2, 0.25) is 8.26 Å². The van der Waals surface area contributed by atoms with E-state index >= 15 is 0 Å². The summed E-state index contributed by atoms with van der Waals surface area (Å²) in [5.41, 5.74) is 12.0. The summed E-state index contributed by atoms with van der Waals surface area (Å²) in [6.45, 7) is 4.67. The molecule has 2 aliphatic rings. The van der Waals surface area contributed by atoms with Crippen molar-refractivity contribution >= 4 is 11.5 Å². The molecule has 1 unspecified atom stereocenters. The van der Waals surface area contributed by atoms with Gasteiger partial charge >= 0.3 is 94.0 Å². The van der Waals surface area contributed by atoms with E-state index in [1.54, 1.807) is 54.8 Å². The van der Waals surface area contributed by atoms with E-state index in [9.17, 15) is 4.79 Å². The van der Waals surface area contributed by atoms with E-state index in [1.165, 1.54) is 0 Å². The molecule has 1 amide bonds. The smallest absolute Gasteiger partial charge is 0.248 e. The molecular formula is C20H22Cl2NOZr. The molecule has 4 rings (SSSR count). The number of halogens is 2. The van der Waals surface area contributed by atoms with Gasteiger partial charge < -0.3 is 30.5 Å². The number of hydrogen-bond donors (Lipinski definition) is 1. The fourth-order valence-electron chi connectivity index (χ4n) is 3.24. The summed E-state index contributed by atoms with van der Waals surface area (Å²) in [7, 11) is 0. The molecule has 2 aromatic rings. The third kappa shape index (κ3) is 5.06. The number of benzene rings is 2. The number of fused-ring (bicyclic) bond motifs is 1. The van der Waals surface area contributed by atoms with Crippen molar-refractivity contribution in [1.29, 1.82) is 0 Å². The summed E-state index contributed by atoms with van der Waals surface area (Å²) in [5, 5.41) is 0. The van der Waals surface area contributed by atoms with Crippen molar-refractivity contribution in [2.75, 3.05) is 0 Å². The molecule has 5 heteroatoms. The van der Waals surface area contributed by atoms with Crippen LogP contribution >= 0.6 is 0 Å². The largest absolute Gasteiger partial charge is 1.00 e. The Kier molecular flexibility index (Phi) is 8.61. The average Bonchev–Trinajstić information content (AvgIpc) is 3.37. The molecule has 1 atom stereocenters. The fourth-order valence-corrected chi connectivity index (χ4v) is 10.9. The second kappa shape index (κ2) is 9.71. The van der Waals surface area contributed by atoms with Gasteiger partial charge in [-0.2, -0.15) is 0 Å². The third-order valence-electron chi connectivity index (χ3n) is 4.71. The van der Waals surface area contributed by atoms with Crippen LogP contribution in [0.5, 0.6) is 0 Å². The van der Waals surface area contributed by atoms with E-state index in [0.29, 0.717) is 5.56 Å². The normalized spacial score (nSPS) is 16.7. The Morgan fingerprint density at radius 2 is 1.52 bits per heavy atom. The molecule has 0 aromatic heterocycles. The molecule has 0 bridgehead atoms. The second-order valence-electron chi connectivity index (χ2n) is 6.22.